The smallest absolute Gasteiger partial charge is 0.127 e. The number of aryl methyl sites for hydroxylation is 1. The summed E-state index contributed by atoms with van der Waals surface area (Å²) in [6.07, 6.45) is 1.14. The third-order valence-electron chi connectivity index (χ3n) is 5.47. The van der Waals surface area contributed by atoms with Crippen molar-refractivity contribution < 1.29 is 0 Å². The fourth-order valence-electron chi connectivity index (χ4n) is 3.94. The summed E-state index contributed by atoms with van der Waals surface area (Å²) < 4.78 is 2.14. The van der Waals surface area contributed by atoms with E-state index < -0.39 is 12.1 Å². The minimum atomic E-state index is -0.705. The quantitative estimate of drug-likeness (QED) is 0.654. The van der Waals surface area contributed by atoms with E-state index >= 15 is 0 Å². The lowest BCUT2D eigenvalue weighted by molar-refractivity contribution is 0.624. The molecule has 6 heteroatoms. The zero-order valence-electron chi connectivity index (χ0n) is 17.4. The Hall–Kier alpha value is -4.13. The van der Waals surface area contributed by atoms with E-state index in [4.69, 9.17) is 5.73 Å². The molecule has 0 fully saturated rings. The predicted octanol–water partition coefficient (Wildman–Crippen LogP) is 4.30. The minimum Gasteiger partial charge on any atom is -0.318 e. The van der Waals surface area contributed by atoms with Crippen molar-refractivity contribution in [3.05, 3.63) is 89.3 Å². The summed E-state index contributed by atoms with van der Waals surface area (Å²) in [6.45, 7) is 4.04. The van der Waals surface area contributed by atoms with Gasteiger partial charge in [0.1, 0.15) is 18.2 Å². The summed E-state index contributed by atoms with van der Waals surface area (Å²) in [6, 6.07) is 26.0. The summed E-state index contributed by atoms with van der Waals surface area (Å²) in [4.78, 5) is 0. The van der Waals surface area contributed by atoms with Gasteiger partial charge in [-0.15, -0.1) is 0 Å². The maximum Gasteiger partial charge on any atom is 0.127 e. The Kier molecular flexibility index (Phi) is 5.41. The van der Waals surface area contributed by atoms with Gasteiger partial charge in [0, 0.05) is 17.1 Å². The minimum absolute atomic E-state index is 0.341. The van der Waals surface area contributed by atoms with E-state index in [1.807, 2.05) is 80.6 Å². The molecular weight excluding hydrogens is 384 g/mol. The molecule has 0 radical (unpaired) electrons. The van der Waals surface area contributed by atoms with Crippen LogP contribution in [0.4, 0.5) is 5.69 Å². The number of hydrazone groups is 1. The molecule has 0 saturated heterocycles. The number of nitrogens with two attached hydrogens (primary N) is 1. The molecule has 4 rings (SSSR count). The topological polar surface area (TPSA) is 94.1 Å². The highest BCUT2D eigenvalue weighted by atomic mass is 15.5. The maximum absolute atomic E-state index is 9.91. The van der Waals surface area contributed by atoms with Crippen LogP contribution in [0.25, 0.3) is 11.8 Å². The molecule has 2 aromatic carbocycles. The Morgan fingerprint density at radius 3 is 2.19 bits per heavy atom. The van der Waals surface area contributed by atoms with Crippen LogP contribution < -0.4 is 10.7 Å². The van der Waals surface area contributed by atoms with Gasteiger partial charge < -0.3 is 10.3 Å². The number of benzene rings is 2. The Morgan fingerprint density at radius 1 is 1.00 bits per heavy atom. The third kappa shape index (κ3) is 3.61. The lowest BCUT2D eigenvalue weighted by Crippen LogP contribution is -2.40. The molecule has 1 aliphatic heterocycles. The molecule has 1 aliphatic rings. The number of rotatable bonds is 4. The van der Waals surface area contributed by atoms with Gasteiger partial charge in [0.25, 0.3) is 0 Å². The van der Waals surface area contributed by atoms with Crippen LogP contribution in [0.3, 0.4) is 0 Å². The summed E-state index contributed by atoms with van der Waals surface area (Å²) in [5, 5.41) is 25.9. The fraction of sp³-hybridized carbons (Fsp3) is 0.160. The van der Waals surface area contributed by atoms with E-state index in [0.29, 0.717) is 11.3 Å². The van der Waals surface area contributed by atoms with Crippen molar-refractivity contribution >= 4 is 17.5 Å². The van der Waals surface area contributed by atoms with Crippen molar-refractivity contribution in [3.63, 3.8) is 0 Å². The molecule has 0 aliphatic carbocycles. The molecule has 0 spiro atoms. The van der Waals surface area contributed by atoms with Gasteiger partial charge in [0.15, 0.2) is 0 Å². The molecule has 2 N–H and O–H groups in total. The molecule has 1 aromatic heterocycles. The highest BCUT2D eigenvalue weighted by Crippen LogP contribution is 2.30. The van der Waals surface area contributed by atoms with Crippen molar-refractivity contribution in [2.24, 2.45) is 16.8 Å². The Labute approximate surface area is 181 Å². The van der Waals surface area contributed by atoms with Crippen LogP contribution in [-0.4, -0.2) is 16.4 Å². The highest BCUT2D eigenvalue weighted by molar-refractivity contribution is 6.11. The van der Waals surface area contributed by atoms with Gasteiger partial charge in [-0.1, -0.05) is 36.4 Å². The summed E-state index contributed by atoms with van der Waals surface area (Å²) in [7, 11) is 0. The van der Waals surface area contributed by atoms with Crippen LogP contribution >= 0.6 is 0 Å². The van der Waals surface area contributed by atoms with Gasteiger partial charge in [0.05, 0.1) is 23.0 Å². The van der Waals surface area contributed by atoms with Crippen molar-refractivity contribution in [3.8, 4) is 17.8 Å². The van der Waals surface area contributed by atoms with Gasteiger partial charge in [-0.3, -0.25) is 0 Å². The Morgan fingerprint density at radius 2 is 1.61 bits per heavy atom. The first kappa shape index (κ1) is 20.2. The number of hydrogen-bond acceptors (Lipinski definition) is 5. The van der Waals surface area contributed by atoms with Gasteiger partial charge in [-0.25, -0.2) is 5.01 Å². The van der Waals surface area contributed by atoms with Crippen molar-refractivity contribution in [2.45, 2.75) is 20.0 Å². The second-order valence-corrected chi connectivity index (χ2v) is 7.43. The number of allylic oxidation sites excluding steroid dienone is 1. The fourth-order valence-corrected chi connectivity index (χ4v) is 3.94. The van der Waals surface area contributed by atoms with E-state index in [9.17, 15) is 10.5 Å². The summed E-state index contributed by atoms with van der Waals surface area (Å²) in [5.74, 6) is -0.705. The van der Waals surface area contributed by atoms with Crippen molar-refractivity contribution in [1.29, 1.82) is 10.5 Å². The van der Waals surface area contributed by atoms with Gasteiger partial charge in [-0.2, -0.15) is 15.6 Å². The van der Waals surface area contributed by atoms with E-state index in [1.54, 1.807) is 11.1 Å². The first-order valence-corrected chi connectivity index (χ1v) is 9.99. The predicted molar refractivity (Wildman–Crippen MR) is 122 cm³/mol. The number of nitriles is 2. The molecule has 0 saturated carbocycles. The first-order chi connectivity index (χ1) is 15.0. The molecular formula is C25H22N6. The molecule has 31 heavy (non-hydrogen) atoms. The summed E-state index contributed by atoms with van der Waals surface area (Å²) >= 11 is 0. The van der Waals surface area contributed by atoms with Crippen LogP contribution in [0, 0.1) is 42.4 Å². The third-order valence-corrected chi connectivity index (χ3v) is 5.47. The number of para-hydroxylation sites is 2. The molecule has 2 heterocycles. The first-order valence-electron chi connectivity index (χ1n) is 9.99. The zero-order valence-corrected chi connectivity index (χ0v) is 17.4. The van der Waals surface area contributed by atoms with Crippen LogP contribution in [-0.2, 0) is 0 Å². The maximum atomic E-state index is 9.91. The van der Waals surface area contributed by atoms with E-state index in [1.165, 1.54) is 0 Å². The highest BCUT2D eigenvalue weighted by Gasteiger charge is 2.37. The zero-order chi connectivity index (χ0) is 22.0. The van der Waals surface area contributed by atoms with Gasteiger partial charge in [0.2, 0.25) is 0 Å². The number of anilines is 1. The van der Waals surface area contributed by atoms with Crippen LogP contribution in [0.1, 0.15) is 17.0 Å². The molecule has 0 amide bonds. The average Bonchev–Trinajstić information content (AvgIpc) is 3.28. The number of nitrogens with zero attached hydrogens (tertiary/aromatic N) is 5. The molecule has 0 unspecified atom stereocenters. The number of hydrogen-bond donors (Lipinski definition) is 1. The number of aromatic nitrogens is 1. The lowest BCUT2D eigenvalue weighted by Gasteiger charge is -2.21. The van der Waals surface area contributed by atoms with Gasteiger partial charge >= 0.3 is 0 Å². The lowest BCUT2D eigenvalue weighted by atomic mass is 9.95. The summed E-state index contributed by atoms with van der Waals surface area (Å²) in [5.41, 5.74) is 11.9. The Bertz CT molecular complexity index is 1240. The van der Waals surface area contributed by atoms with Crippen LogP contribution in [0.5, 0.6) is 0 Å². The van der Waals surface area contributed by atoms with Crippen molar-refractivity contribution in [2.75, 3.05) is 5.01 Å². The average molecular weight is 406 g/mol. The Balaban J connectivity index is 1.77. The monoisotopic (exact) mass is 406 g/mol. The second kappa shape index (κ2) is 8.31. The molecule has 0 bridgehead atoms. The largest absolute Gasteiger partial charge is 0.318 e. The molecule has 6 nitrogen and oxygen atoms in total. The van der Waals surface area contributed by atoms with Gasteiger partial charge in [-0.05, 0) is 55.8 Å². The molecule has 3 aromatic rings. The normalized spacial score (nSPS) is 18.4. The van der Waals surface area contributed by atoms with E-state index in [-0.39, 0.29) is 0 Å². The SMILES string of the molecule is Cc1cc(/C=C(/C#N)C2=NN(c3ccccc3)[C@@H](N)[C@H]2C#N)c(C)n1-c1ccccc1. The van der Waals surface area contributed by atoms with Crippen LogP contribution in [0.15, 0.2) is 77.4 Å². The van der Waals surface area contributed by atoms with Crippen molar-refractivity contribution in [1.82, 2.24) is 4.57 Å². The second-order valence-electron chi connectivity index (χ2n) is 7.43. The van der Waals surface area contributed by atoms with E-state index in [0.717, 1.165) is 28.3 Å². The standard InChI is InChI=1S/C25H22N6/c1-17-13-19(18(2)30(17)21-9-5-3-6-10-21)14-20(15-26)24-23(16-27)25(28)31(29-24)22-11-7-4-8-12-22/h3-14,23,25H,28H2,1-2H3/b20-14-/t23-,25+/m0/s1. The molecule has 152 valence electrons. The molecule has 2 atom stereocenters. The van der Waals surface area contributed by atoms with Crippen LogP contribution in [0.2, 0.25) is 0 Å². The van der Waals surface area contributed by atoms with E-state index in [2.05, 4.69) is 21.8 Å².